The van der Waals surface area contributed by atoms with Gasteiger partial charge in [-0.1, -0.05) is 23.7 Å². The molecule has 1 N–H and O–H groups in total. The van der Waals surface area contributed by atoms with E-state index >= 15 is 0 Å². The number of nitrogens with zero attached hydrogens (tertiary/aromatic N) is 2. The van der Waals surface area contributed by atoms with Crippen molar-refractivity contribution in [3.05, 3.63) is 47.4 Å². The Morgan fingerprint density at radius 1 is 1.37 bits per heavy atom. The lowest BCUT2D eigenvalue weighted by atomic mass is 10.1. The van der Waals surface area contributed by atoms with Gasteiger partial charge in [0, 0.05) is 6.42 Å². The van der Waals surface area contributed by atoms with E-state index in [-0.39, 0.29) is 11.9 Å². The van der Waals surface area contributed by atoms with Crippen LogP contribution in [0.4, 0.5) is 4.39 Å². The van der Waals surface area contributed by atoms with Crippen molar-refractivity contribution >= 4 is 0 Å². The van der Waals surface area contributed by atoms with E-state index < -0.39 is 0 Å². The Morgan fingerprint density at radius 3 is 3.11 bits per heavy atom. The highest BCUT2D eigenvalue weighted by molar-refractivity contribution is 5.19. The summed E-state index contributed by atoms with van der Waals surface area (Å²) in [6.07, 6.45) is 3.90. The van der Waals surface area contributed by atoms with E-state index in [1.165, 1.54) is 25.0 Å². The van der Waals surface area contributed by atoms with Crippen molar-refractivity contribution < 1.29 is 8.91 Å². The highest BCUT2D eigenvalue weighted by atomic mass is 19.1. The molecule has 0 amide bonds. The van der Waals surface area contributed by atoms with Gasteiger partial charge in [-0.3, -0.25) is 0 Å². The van der Waals surface area contributed by atoms with Crippen molar-refractivity contribution in [1.29, 1.82) is 0 Å². The quantitative estimate of drug-likeness (QED) is 0.922. The molecule has 0 saturated carbocycles. The predicted octanol–water partition coefficient (Wildman–Crippen LogP) is 2.61. The topological polar surface area (TPSA) is 51.0 Å². The number of nitrogens with one attached hydrogen (secondary N) is 1. The Kier molecular flexibility index (Phi) is 3.55. The van der Waals surface area contributed by atoms with Crippen LogP contribution in [-0.2, 0) is 6.42 Å². The summed E-state index contributed by atoms with van der Waals surface area (Å²) < 4.78 is 18.4. The normalized spacial score (nSPS) is 19.5. The number of piperidine rings is 1. The highest BCUT2D eigenvalue weighted by Crippen LogP contribution is 2.21. The molecular formula is C14H16FN3O. The Balaban J connectivity index is 1.70. The lowest BCUT2D eigenvalue weighted by Gasteiger charge is -2.19. The molecule has 19 heavy (non-hydrogen) atoms. The molecule has 0 radical (unpaired) electrons. The Bertz CT molecular complexity index is 549. The standard InChI is InChI=1S/C14H16FN3O/c15-11-5-3-4-10(8-11)9-13-17-14(19-18-13)12-6-1-2-7-16-12/h3-5,8,12,16H,1-2,6-7,9H2. The van der Waals surface area contributed by atoms with Crippen molar-refractivity contribution in [2.45, 2.75) is 31.7 Å². The maximum absolute atomic E-state index is 13.1. The first-order chi connectivity index (χ1) is 9.31. The van der Waals surface area contributed by atoms with Gasteiger partial charge in [-0.25, -0.2) is 4.39 Å². The third-order valence-corrected chi connectivity index (χ3v) is 3.34. The van der Waals surface area contributed by atoms with Crippen LogP contribution in [0, 0.1) is 5.82 Å². The molecule has 100 valence electrons. The SMILES string of the molecule is Fc1cccc(Cc2noc(C3CCCCN3)n2)c1. The van der Waals surface area contributed by atoms with Crippen LogP contribution in [0.2, 0.25) is 0 Å². The van der Waals surface area contributed by atoms with Crippen LogP contribution in [0.5, 0.6) is 0 Å². The molecule has 3 rings (SSSR count). The second-order valence-electron chi connectivity index (χ2n) is 4.86. The summed E-state index contributed by atoms with van der Waals surface area (Å²) in [4.78, 5) is 4.40. The number of rotatable bonds is 3. The minimum atomic E-state index is -0.241. The fourth-order valence-corrected chi connectivity index (χ4v) is 2.37. The molecule has 1 aliphatic rings. The molecule has 1 unspecified atom stereocenters. The zero-order chi connectivity index (χ0) is 13.1. The molecule has 0 bridgehead atoms. The summed E-state index contributed by atoms with van der Waals surface area (Å²) in [6.45, 7) is 0.992. The third kappa shape index (κ3) is 2.98. The molecule has 0 aliphatic carbocycles. The number of hydrogen-bond acceptors (Lipinski definition) is 4. The molecule has 5 heteroatoms. The van der Waals surface area contributed by atoms with Gasteiger partial charge in [-0.2, -0.15) is 4.98 Å². The first kappa shape index (κ1) is 12.3. The average Bonchev–Trinajstić information content (AvgIpc) is 2.88. The molecule has 1 aromatic carbocycles. The molecule has 0 spiro atoms. The lowest BCUT2D eigenvalue weighted by molar-refractivity contribution is 0.296. The van der Waals surface area contributed by atoms with Crippen molar-refractivity contribution in [3.8, 4) is 0 Å². The molecule has 1 aliphatic heterocycles. The minimum Gasteiger partial charge on any atom is -0.338 e. The Morgan fingerprint density at radius 2 is 2.32 bits per heavy atom. The predicted molar refractivity (Wildman–Crippen MR) is 68.1 cm³/mol. The summed E-state index contributed by atoms with van der Waals surface area (Å²) >= 11 is 0. The number of hydrogen-bond donors (Lipinski definition) is 1. The third-order valence-electron chi connectivity index (χ3n) is 3.34. The summed E-state index contributed by atoms with van der Waals surface area (Å²) in [7, 11) is 0. The molecule has 1 aromatic heterocycles. The first-order valence-electron chi connectivity index (χ1n) is 6.61. The van der Waals surface area contributed by atoms with E-state index in [9.17, 15) is 4.39 Å². The van der Waals surface area contributed by atoms with Gasteiger partial charge in [-0.15, -0.1) is 0 Å². The molecule has 1 atom stereocenters. The van der Waals surface area contributed by atoms with Gasteiger partial charge < -0.3 is 9.84 Å². The summed E-state index contributed by atoms with van der Waals surface area (Å²) in [6, 6.07) is 6.64. The van der Waals surface area contributed by atoms with Crippen LogP contribution < -0.4 is 5.32 Å². The fourth-order valence-electron chi connectivity index (χ4n) is 2.37. The van der Waals surface area contributed by atoms with Crippen LogP contribution in [0.25, 0.3) is 0 Å². The molecule has 4 nitrogen and oxygen atoms in total. The largest absolute Gasteiger partial charge is 0.338 e. The molecule has 1 fully saturated rings. The van der Waals surface area contributed by atoms with E-state index in [0.29, 0.717) is 18.1 Å². The van der Waals surface area contributed by atoms with Crippen LogP contribution in [0.3, 0.4) is 0 Å². The van der Waals surface area contributed by atoms with Crippen molar-refractivity contribution in [2.24, 2.45) is 0 Å². The summed E-state index contributed by atoms with van der Waals surface area (Å²) in [5.74, 6) is 1.01. The maximum Gasteiger partial charge on any atom is 0.243 e. The van der Waals surface area contributed by atoms with Gasteiger partial charge in [-0.05, 0) is 37.1 Å². The molecular weight excluding hydrogens is 245 g/mol. The molecule has 1 saturated heterocycles. The van der Waals surface area contributed by atoms with Crippen molar-refractivity contribution in [3.63, 3.8) is 0 Å². The van der Waals surface area contributed by atoms with Crippen LogP contribution >= 0.6 is 0 Å². The average molecular weight is 261 g/mol. The number of benzene rings is 1. The molecule has 2 aromatic rings. The Labute approximate surface area is 111 Å². The van der Waals surface area contributed by atoms with Crippen LogP contribution in [0.15, 0.2) is 28.8 Å². The minimum absolute atomic E-state index is 0.169. The van der Waals surface area contributed by atoms with Crippen molar-refractivity contribution in [1.82, 2.24) is 15.5 Å². The zero-order valence-electron chi connectivity index (χ0n) is 10.6. The monoisotopic (exact) mass is 261 g/mol. The molecule has 2 heterocycles. The summed E-state index contributed by atoms with van der Waals surface area (Å²) in [5, 5.41) is 7.33. The fraction of sp³-hybridized carbons (Fsp3) is 0.429. The maximum atomic E-state index is 13.1. The smallest absolute Gasteiger partial charge is 0.243 e. The van der Waals surface area contributed by atoms with Gasteiger partial charge in [0.25, 0.3) is 0 Å². The van der Waals surface area contributed by atoms with Crippen LogP contribution in [-0.4, -0.2) is 16.7 Å². The van der Waals surface area contributed by atoms with Gasteiger partial charge in [0.05, 0.1) is 6.04 Å². The second kappa shape index (κ2) is 5.48. The first-order valence-corrected chi connectivity index (χ1v) is 6.61. The highest BCUT2D eigenvalue weighted by Gasteiger charge is 2.20. The second-order valence-corrected chi connectivity index (χ2v) is 4.86. The summed E-state index contributed by atoms with van der Waals surface area (Å²) in [5.41, 5.74) is 0.851. The zero-order valence-corrected chi connectivity index (χ0v) is 10.6. The number of aromatic nitrogens is 2. The van der Waals surface area contributed by atoms with Gasteiger partial charge in [0.15, 0.2) is 5.82 Å². The number of halogens is 1. The van der Waals surface area contributed by atoms with Crippen molar-refractivity contribution in [2.75, 3.05) is 6.54 Å². The van der Waals surface area contributed by atoms with Crippen LogP contribution in [0.1, 0.15) is 42.6 Å². The van der Waals surface area contributed by atoms with Gasteiger partial charge in [0.2, 0.25) is 5.89 Å². The van der Waals surface area contributed by atoms with E-state index in [4.69, 9.17) is 4.52 Å². The van der Waals surface area contributed by atoms with E-state index in [1.54, 1.807) is 6.07 Å². The van der Waals surface area contributed by atoms with E-state index in [1.807, 2.05) is 6.07 Å². The lowest BCUT2D eigenvalue weighted by Crippen LogP contribution is -2.27. The van der Waals surface area contributed by atoms with Gasteiger partial charge >= 0.3 is 0 Å². The van der Waals surface area contributed by atoms with Gasteiger partial charge in [0.1, 0.15) is 5.82 Å². The Hall–Kier alpha value is -1.75. The van der Waals surface area contributed by atoms with E-state index in [0.717, 1.165) is 18.5 Å². The van der Waals surface area contributed by atoms with E-state index in [2.05, 4.69) is 15.5 Å².